The summed E-state index contributed by atoms with van der Waals surface area (Å²) in [7, 11) is 0. The third-order valence-corrected chi connectivity index (χ3v) is 4.27. The molecular formula is C20H32N2O3. The number of morpholine rings is 1. The number of carbonyl (C=O) groups excluding carboxylic acids is 1. The third-order valence-electron chi connectivity index (χ3n) is 4.27. The van der Waals surface area contributed by atoms with Crippen LogP contribution in [0, 0.1) is 12.8 Å². The highest BCUT2D eigenvalue weighted by Crippen LogP contribution is 2.16. The van der Waals surface area contributed by atoms with Gasteiger partial charge in [0, 0.05) is 32.6 Å². The van der Waals surface area contributed by atoms with Gasteiger partial charge in [0.05, 0.1) is 19.3 Å². The Morgan fingerprint density at radius 1 is 1.40 bits per heavy atom. The Balaban J connectivity index is 1.58. The number of aryl methyl sites for hydroxylation is 1. The minimum atomic E-state index is 0.0676. The van der Waals surface area contributed by atoms with E-state index in [4.69, 9.17) is 9.47 Å². The summed E-state index contributed by atoms with van der Waals surface area (Å²) in [5.74, 6) is 1.61. The van der Waals surface area contributed by atoms with E-state index in [1.807, 2.05) is 31.2 Å². The Kier molecular flexibility index (Phi) is 8.22. The molecule has 1 amide bonds. The molecule has 2 rings (SSSR count). The summed E-state index contributed by atoms with van der Waals surface area (Å²) >= 11 is 0. The molecule has 0 spiro atoms. The number of rotatable bonds is 9. The average Bonchev–Trinajstić information content (AvgIpc) is 2.58. The number of nitrogens with one attached hydrogen (secondary N) is 1. The van der Waals surface area contributed by atoms with E-state index in [-0.39, 0.29) is 12.0 Å². The molecule has 1 aromatic carbocycles. The smallest absolute Gasteiger partial charge is 0.220 e. The summed E-state index contributed by atoms with van der Waals surface area (Å²) in [5.41, 5.74) is 1.12. The Morgan fingerprint density at radius 2 is 2.20 bits per heavy atom. The van der Waals surface area contributed by atoms with Gasteiger partial charge < -0.3 is 14.8 Å². The van der Waals surface area contributed by atoms with Crippen LogP contribution < -0.4 is 10.1 Å². The first kappa shape index (κ1) is 19.7. The molecule has 1 N–H and O–H groups in total. The maximum Gasteiger partial charge on any atom is 0.220 e. The molecule has 1 fully saturated rings. The number of hydrogen-bond donors (Lipinski definition) is 1. The highest BCUT2D eigenvalue weighted by atomic mass is 16.5. The lowest BCUT2D eigenvalue weighted by atomic mass is 10.2. The third kappa shape index (κ3) is 7.45. The summed E-state index contributed by atoms with van der Waals surface area (Å²) in [5, 5.41) is 2.99. The highest BCUT2D eigenvalue weighted by molar-refractivity contribution is 5.75. The summed E-state index contributed by atoms with van der Waals surface area (Å²) in [6.45, 7) is 11.3. The van der Waals surface area contributed by atoms with Crippen molar-refractivity contribution in [3.05, 3.63) is 29.8 Å². The van der Waals surface area contributed by atoms with E-state index in [9.17, 15) is 4.79 Å². The van der Waals surface area contributed by atoms with E-state index in [1.54, 1.807) is 0 Å². The van der Waals surface area contributed by atoms with Crippen molar-refractivity contribution in [2.45, 2.75) is 39.7 Å². The number of nitrogens with zero attached hydrogens (tertiary/aromatic N) is 1. The summed E-state index contributed by atoms with van der Waals surface area (Å²) in [6, 6.07) is 7.93. The number of ether oxygens (including phenoxy) is 2. The molecule has 0 aliphatic carbocycles. The molecule has 1 heterocycles. The van der Waals surface area contributed by atoms with Crippen LogP contribution in [0.5, 0.6) is 5.75 Å². The zero-order valence-corrected chi connectivity index (χ0v) is 15.8. The molecule has 1 atom stereocenters. The van der Waals surface area contributed by atoms with Crippen LogP contribution in [0.3, 0.4) is 0 Å². The largest absolute Gasteiger partial charge is 0.493 e. The van der Waals surface area contributed by atoms with Gasteiger partial charge in [0.2, 0.25) is 5.91 Å². The van der Waals surface area contributed by atoms with E-state index < -0.39 is 0 Å². The van der Waals surface area contributed by atoms with Crippen molar-refractivity contribution in [3.63, 3.8) is 0 Å². The molecule has 1 saturated heterocycles. The summed E-state index contributed by atoms with van der Waals surface area (Å²) in [6.07, 6.45) is 1.29. The summed E-state index contributed by atoms with van der Waals surface area (Å²) < 4.78 is 11.5. The zero-order chi connectivity index (χ0) is 18.1. The van der Waals surface area contributed by atoms with Gasteiger partial charge in [0.15, 0.2) is 0 Å². The zero-order valence-electron chi connectivity index (χ0n) is 15.8. The van der Waals surface area contributed by atoms with Crippen molar-refractivity contribution in [3.8, 4) is 5.75 Å². The first-order chi connectivity index (χ1) is 12.0. The van der Waals surface area contributed by atoms with E-state index >= 15 is 0 Å². The minimum absolute atomic E-state index is 0.0676. The quantitative estimate of drug-likeness (QED) is 0.697. The number of hydrogen-bond acceptors (Lipinski definition) is 4. The molecule has 1 aliphatic heterocycles. The summed E-state index contributed by atoms with van der Waals surface area (Å²) in [4.78, 5) is 14.4. The van der Waals surface area contributed by atoms with Gasteiger partial charge >= 0.3 is 0 Å². The monoisotopic (exact) mass is 348 g/mol. The Hall–Kier alpha value is -1.59. The van der Waals surface area contributed by atoms with Gasteiger partial charge in [-0.25, -0.2) is 0 Å². The van der Waals surface area contributed by atoms with Crippen LogP contribution in [0.1, 0.15) is 32.3 Å². The predicted molar refractivity (Wildman–Crippen MR) is 99.9 cm³/mol. The Bertz CT molecular complexity index is 533. The van der Waals surface area contributed by atoms with E-state index in [0.29, 0.717) is 31.9 Å². The lowest BCUT2D eigenvalue weighted by molar-refractivity contribution is -0.122. The maximum absolute atomic E-state index is 12.0. The van der Waals surface area contributed by atoms with Crippen LogP contribution in [0.15, 0.2) is 24.3 Å². The van der Waals surface area contributed by atoms with E-state index in [0.717, 1.165) is 37.6 Å². The molecule has 0 aromatic heterocycles. The topological polar surface area (TPSA) is 50.8 Å². The lowest BCUT2D eigenvalue weighted by Crippen LogP contribution is -2.48. The Labute approximate surface area is 151 Å². The van der Waals surface area contributed by atoms with Crippen molar-refractivity contribution in [1.29, 1.82) is 0 Å². The second kappa shape index (κ2) is 10.4. The normalized spacial score (nSPS) is 18.3. The maximum atomic E-state index is 12.0. The molecule has 25 heavy (non-hydrogen) atoms. The highest BCUT2D eigenvalue weighted by Gasteiger charge is 2.21. The van der Waals surface area contributed by atoms with Crippen LogP contribution in [0.2, 0.25) is 0 Å². The second-order valence-corrected chi connectivity index (χ2v) is 7.17. The molecule has 0 bridgehead atoms. The van der Waals surface area contributed by atoms with Crippen molar-refractivity contribution < 1.29 is 14.3 Å². The standard InChI is InChI=1S/C20H32N2O3/c1-16(2)14-22-10-12-24-18(15-22)13-21-20(23)9-6-11-25-19-8-5-4-7-17(19)3/h4-5,7-8,16,18H,6,9-15H2,1-3H3,(H,21,23). The fourth-order valence-corrected chi connectivity index (χ4v) is 3.04. The van der Waals surface area contributed by atoms with Gasteiger partial charge in [-0.2, -0.15) is 0 Å². The molecule has 1 unspecified atom stereocenters. The van der Waals surface area contributed by atoms with Gasteiger partial charge in [-0.15, -0.1) is 0 Å². The van der Waals surface area contributed by atoms with Gasteiger partial charge in [0.1, 0.15) is 5.75 Å². The first-order valence-electron chi connectivity index (χ1n) is 9.33. The fraction of sp³-hybridized carbons (Fsp3) is 0.650. The van der Waals surface area contributed by atoms with E-state index in [2.05, 4.69) is 24.1 Å². The minimum Gasteiger partial charge on any atom is -0.493 e. The van der Waals surface area contributed by atoms with Gasteiger partial charge in [0.25, 0.3) is 0 Å². The van der Waals surface area contributed by atoms with Crippen LogP contribution in [0.25, 0.3) is 0 Å². The predicted octanol–water partition coefficient (Wildman–Crippen LogP) is 2.63. The molecular weight excluding hydrogens is 316 g/mol. The lowest BCUT2D eigenvalue weighted by Gasteiger charge is -2.33. The van der Waals surface area contributed by atoms with Crippen LogP contribution in [0.4, 0.5) is 0 Å². The first-order valence-corrected chi connectivity index (χ1v) is 9.33. The second-order valence-electron chi connectivity index (χ2n) is 7.17. The number of carbonyl (C=O) groups is 1. The average molecular weight is 348 g/mol. The number of amides is 1. The molecule has 140 valence electrons. The molecule has 1 aromatic rings. The van der Waals surface area contributed by atoms with Crippen LogP contribution >= 0.6 is 0 Å². The van der Waals surface area contributed by atoms with Crippen LogP contribution in [-0.4, -0.2) is 56.3 Å². The van der Waals surface area contributed by atoms with Gasteiger partial charge in [-0.05, 0) is 30.9 Å². The van der Waals surface area contributed by atoms with Crippen molar-refractivity contribution in [2.75, 3.05) is 39.4 Å². The molecule has 1 aliphatic rings. The molecule has 5 nitrogen and oxygen atoms in total. The van der Waals surface area contributed by atoms with Crippen LogP contribution in [-0.2, 0) is 9.53 Å². The van der Waals surface area contributed by atoms with Crippen molar-refractivity contribution in [1.82, 2.24) is 10.2 Å². The van der Waals surface area contributed by atoms with E-state index in [1.165, 1.54) is 0 Å². The van der Waals surface area contributed by atoms with Gasteiger partial charge in [-0.1, -0.05) is 32.0 Å². The van der Waals surface area contributed by atoms with Crippen molar-refractivity contribution >= 4 is 5.91 Å². The molecule has 5 heteroatoms. The fourth-order valence-electron chi connectivity index (χ4n) is 3.04. The Morgan fingerprint density at radius 3 is 2.96 bits per heavy atom. The molecule has 0 radical (unpaired) electrons. The molecule has 0 saturated carbocycles. The van der Waals surface area contributed by atoms with Crippen molar-refractivity contribution in [2.24, 2.45) is 5.92 Å². The van der Waals surface area contributed by atoms with Gasteiger partial charge in [-0.3, -0.25) is 9.69 Å². The SMILES string of the molecule is Cc1ccccc1OCCCC(=O)NCC1CN(CC(C)C)CCO1. The number of para-hydroxylation sites is 1. The number of benzene rings is 1.